The Morgan fingerprint density at radius 3 is 2.12 bits per heavy atom. The fourth-order valence-electron chi connectivity index (χ4n) is 0.687. The second-order valence-corrected chi connectivity index (χ2v) is 3.09. The number of amides is 1. The van der Waals surface area contributed by atoms with Crippen LogP contribution < -0.4 is 28.3 Å². The molecule has 0 aromatic heterocycles. The highest BCUT2D eigenvalue weighted by molar-refractivity contribution is 5.79. The topological polar surface area (TPSA) is 194 Å². The van der Waals surface area contributed by atoms with Gasteiger partial charge in [0.2, 0.25) is 5.91 Å². The lowest BCUT2D eigenvalue weighted by Gasteiger charge is -2.07. The molecule has 100 valence electrons. The Bertz CT molecular complexity index is 258. The standard InChI is InChI=1S/C6H15N5O.C2H5NO2/c7-4(5(8)12)2-1-3-11-6(9)10;3-1-2(4)5/h4H,1-3,7H2,(H2,8,12)(H4,9,10,11);1,3H2,(H,4,5). The first-order valence-electron chi connectivity index (χ1n) is 4.85. The molecule has 0 heterocycles. The number of aliphatic carboxylic acids is 1. The molecule has 0 rings (SSSR count). The van der Waals surface area contributed by atoms with Crippen molar-refractivity contribution < 1.29 is 14.7 Å². The minimum atomic E-state index is -0.968. The fourth-order valence-corrected chi connectivity index (χ4v) is 0.687. The number of rotatable bonds is 6. The molecular formula is C8H20N6O3. The van der Waals surface area contributed by atoms with Gasteiger partial charge in [-0.15, -0.1) is 0 Å². The molecule has 0 aromatic rings. The molecule has 11 N–H and O–H groups in total. The van der Waals surface area contributed by atoms with E-state index in [-0.39, 0.29) is 12.5 Å². The summed E-state index contributed by atoms with van der Waals surface area (Å²) in [6, 6.07) is -0.598. The van der Waals surface area contributed by atoms with Crippen LogP contribution >= 0.6 is 0 Å². The van der Waals surface area contributed by atoms with Gasteiger partial charge in [-0.25, -0.2) is 0 Å². The molecule has 9 nitrogen and oxygen atoms in total. The number of primary amides is 1. The van der Waals surface area contributed by atoms with Crippen molar-refractivity contribution in [2.24, 2.45) is 22.9 Å². The molecule has 0 aliphatic rings. The number of carbonyl (C=O) groups excluding carboxylic acids is 1. The van der Waals surface area contributed by atoms with Crippen molar-refractivity contribution in [3.8, 4) is 0 Å². The first-order chi connectivity index (χ1) is 7.81. The lowest BCUT2D eigenvalue weighted by atomic mass is 10.1. The molecule has 0 saturated carbocycles. The Kier molecular flexibility index (Phi) is 11.0. The van der Waals surface area contributed by atoms with E-state index in [1.54, 1.807) is 0 Å². The van der Waals surface area contributed by atoms with Crippen LogP contribution in [0.25, 0.3) is 0 Å². The minimum absolute atomic E-state index is 0.0809. The van der Waals surface area contributed by atoms with E-state index in [9.17, 15) is 9.59 Å². The van der Waals surface area contributed by atoms with Crippen LogP contribution in [0.4, 0.5) is 0 Å². The van der Waals surface area contributed by atoms with Gasteiger partial charge in [-0.3, -0.25) is 15.0 Å². The molecule has 17 heavy (non-hydrogen) atoms. The molecule has 1 atom stereocenters. The third-order valence-electron chi connectivity index (χ3n) is 1.55. The second kappa shape index (κ2) is 10.6. The molecule has 0 saturated heterocycles. The molecule has 0 spiro atoms. The van der Waals surface area contributed by atoms with Gasteiger partial charge in [0, 0.05) is 6.54 Å². The SMILES string of the molecule is N=C(N)NCCCC(N)C(N)=O.NCC(=O)O. The third-order valence-corrected chi connectivity index (χ3v) is 1.55. The number of nitrogens with one attached hydrogen (secondary N) is 2. The summed E-state index contributed by atoms with van der Waals surface area (Å²) in [5, 5.41) is 17.0. The Labute approximate surface area is 99.0 Å². The van der Waals surface area contributed by atoms with Gasteiger partial charge in [0.25, 0.3) is 0 Å². The average molecular weight is 248 g/mol. The quantitative estimate of drug-likeness (QED) is 0.148. The highest BCUT2D eigenvalue weighted by Gasteiger charge is 2.07. The van der Waals surface area contributed by atoms with Crippen LogP contribution in [0.5, 0.6) is 0 Å². The smallest absolute Gasteiger partial charge is 0.317 e. The molecule has 0 aliphatic heterocycles. The molecular weight excluding hydrogens is 228 g/mol. The van der Waals surface area contributed by atoms with Gasteiger partial charge in [-0.2, -0.15) is 0 Å². The van der Waals surface area contributed by atoms with Crippen molar-refractivity contribution in [2.75, 3.05) is 13.1 Å². The average Bonchev–Trinajstić information content (AvgIpc) is 2.24. The fraction of sp³-hybridized carbons (Fsp3) is 0.625. The molecule has 1 amide bonds. The van der Waals surface area contributed by atoms with Gasteiger partial charge in [-0.05, 0) is 12.8 Å². The predicted molar refractivity (Wildman–Crippen MR) is 63.0 cm³/mol. The number of guanidine groups is 1. The molecule has 0 radical (unpaired) electrons. The number of carbonyl (C=O) groups is 2. The number of carboxylic acid groups (broad SMARTS) is 1. The normalized spacial score (nSPS) is 10.7. The van der Waals surface area contributed by atoms with Gasteiger partial charge in [0.05, 0.1) is 12.6 Å². The summed E-state index contributed by atoms with van der Waals surface area (Å²) >= 11 is 0. The summed E-state index contributed by atoms with van der Waals surface area (Å²) < 4.78 is 0. The first-order valence-corrected chi connectivity index (χ1v) is 4.85. The van der Waals surface area contributed by atoms with Crippen molar-refractivity contribution in [3.05, 3.63) is 0 Å². The van der Waals surface area contributed by atoms with E-state index < -0.39 is 17.9 Å². The lowest BCUT2D eigenvalue weighted by Crippen LogP contribution is -2.37. The van der Waals surface area contributed by atoms with E-state index >= 15 is 0 Å². The van der Waals surface area contributed by atoms with Gasteiger partial charge in [0.15, 0.2) is 5.96 Å². The number of nitrogens with two attached hydrogens (primary N) is 4. The van der Waals surface area contributed by atoms with E-state index in [0.29, 0.717) is 19.4 Å². The van der Waals surface area contributed by atoms with Crippen LogP contribution in [0.15, 0.2) is 0 Å². The van der Waals surface area contributed by atoms with Crippen LogP contribution in [0.3, 0.4) is 0 Å². The lowest BCUT2D eigenvalue weighted by molar-refractivity contribution is -0.135. The van der Waals surface area contributed by atoms with Crippen molar-refractivity contribution in [2.45, 2.75) is 18.9 Å². The van der Waals surface area contributed by atoms with Gasteiger partial charge < -0.3 is 33.4 Å². The largest absolute Gasteiger partial charge is 0.480 e. The number of carboxylic acids is 1. The summed E-state index contributed by atoms with van der Waals surface area (Å²) in [5.74, 6) is -1.55. The maximum Gasteiger partial charge on any atom is 0.317 e. The van der Waals surface area contributed by atoms with E-state index in [2.05, 4.69) is 11.1 Å². The molecule has 0 aromatic carbocycles. The number of hydrogen-bond donors (Lipinski definition) is 7. The highest BCUT2D eigenvalue weighted by Crippen LogP contribution is 1.91. The Hall–Kier alpha value is -1.87. The monoisotopic (exact) mass is 248 g/mol. The molecule has 1 unspecified atom stereocenters. The van der Waals surface area contributed by atoms with Crippen molar-refractivity contribution in [1.29, 1.82) is 5.41 Å². The second-order valence-electron chi connectivity index (χ2n) is 3.09. The highest BCUT2D eigenvalue weighted by atomic mass is 16.4. The molecule has 0 bridgehead atoms. The Morgan fingerprint density at radius 1 is 1.35 bits per heavy atom. The summed E-state index contributed by atoms with van der Waals surface area (Å²) in [6.07, 6.45) is 1.18. The van der Waals surface area contributed by atoms with Crippen LogP contribution in [0.2, 0.25) is 0 Å². The summed E-state index contributed by atoms with van der Waals surface area (Å²) in [6.45, 7) is 0.260. The molecule has 0 aliphatic carbocycles. The van der Waals surface area contributed by atoms with Gasteiger partial charge >= 0.3 is 5.97 Å². The van der Waals surface area contributed by atoms with Crippen molar-refractivity contribution in [1.82, 2.24) is 5.32 Å². The number of hydrogen-bond acceptors (Lipinski definition) is 5. The summed E-state index contributed by atoms with van der Waals surface area (Å²) in [7, 11) is 0. The van der Waals surface area contributed by atoms with Crippen LogP contribution in [0, 0.1) is 5.41 Å². The van der Waals surface area contributed by atoms with Gasteiger partial charge in [0.1, 0.15) is 0 Å². The first kappa shape index (κ1) is 17.5. The summed E-state index contributed by atoms with van der Waals surface area (Å²) in [5.41, 5.74) is 19.9. The van der Waals surface area contributed by atoms with Crippen molar-refractivity contribution >= 4 is 17.8 Å². The van der Waals surface area contributed by atoms with Crippen LogP contribution in [-0.4, -0.2) is 42.1 Å². The Morgan fingerprint density at radius 2 is 1.82 bits per heavy atom. The zero-order valence-electron chi connectivity index (χ0n) is 9.48. The molecule has 0 fully saturated rings. The minimum Gasteiger partial charge on any atom is -0.480 e. The Balaban J connectivity index is 0. The van der Waals surface area contributed by atoms with E-state index in [0.717, 1.165) is 0 Å². The van der Waals surface area contributed by atoms with E-state index in [4.69, 9.17) is 27.7 Å². The predicted octanol–water partition coefficient (Wildman–Crippen LogP) is -2.91. The zero-order chi connectivity index (χ0) is 13.8. The zero-order valence-corrected chi connectivity index (χ0v) is 9.48. The summed E-state index contributed by atoms with van der Waals surface area (Å²) in [4.78, 5) is 19.7. The van der Waals surface area contributed by atoms with Crippen molar-refractivity contribution in [3.63, 3.8) is 0 Å². The molecule has 9 heteroatoms. The van der Waals surface area contributed by atoms with E-state index in [1.807, 2.05) is 0 Å². The maximum atomic E-state index is 10.4. The maximum absolute atomic E-state index is 10.4. The van der Waals surface area contributed by atoms with Crippen LogP contribution in [0.1, 0.15) is 12.8 Å². The van der Waals surface area contributed by atoms with Crippen LogP contribution in [-0.2, 0) is 9.59 Å². The third kappa shape index (κ3) is 16.8. The van der Waals surface area contributed by atoms with Gasteiger partial charge in [-0.1, -0.05) is 0 Å². The van der Waals surface area contributed by atoms with E-state index in [1.165, 1.54) is 0 Å².